The van der Waals surface area contributed by atoms with E-state index in [1.165, 1.54) is 24.9 Å². The maximum Gasteiger partial charge on any atom is 0.417 e. The van der Waals surface area contributed by atoms with Crippen LogP contribution < -0.4 is 0 Å². The quantitative estimate of drug-likeness (QED) is 0.612. The van der Waals surface area contributed by atoms with Crippen LogP contribution in [0, 0.1) is 0 Å². The van der Waals surface area contributed by atoms with Gasteiger partial charge in [0.1, 0.15) is 0 Å². The fraction of sp³-hybridized carbons (Fsp3) is 0.500. The number of aromatic nitrogens is 1. The van der Waals surface area contributed by atoms with Gasteiger partial charge in [0, 0.05) is 12.4 Å². The minimum absolute atomic E-state index is 0.499. The molecule has 0 aliphatic heterocycles. The smallest absolute Gasteiger partial charge is 0.417 e. The molecule has 1 radical (unpaired) electrons. The fourth-order valence-corrected chi connectivity index (χ4v) is 1.45. The summed E-state index contributed by atoms with van der Waals surface area (Å²) in [5.41, 5.74) is 1.34. The zero-order valence-corrected chi connectivity index (χ0v) is 8.82. The average molecular weight is 206 g/mol. The normalized spacial score (nSPS) is 9.87. The van der Waals surface area contributed by atoms with Crippen LogP contribution in [0.1, 0.15) is 31.2 Å². The van der Waals surface area contributed by atoms with Crippen LogP contribution in [0.15, 0.2) is 24.5 Å². The summed E-state index contributed by atoms with van der Waals surface area (Å²) >= 11 is 0. The first-order valence-corrected chi connectivity index (χ1v) is 5.31. The molecule has 0 aliphatic carbocycles. The highest BCUT2D eigenvalue weighted by atomic mass is 16.5. The van der Waals surface area contributed by atoms with Crippen molar-refractivity contribution in [1.29, 1.82) is 0 Å². The molecule has 0 saturated carbocycles. The van der Waals surface area contributed by atoms with E-state index < -0.39 is 0 Å². The molecule has 1 aromatic rings. The number of pyridine rings is 1. The number of ether oxygens (including phenoxy) is 1. The van der Waals surface area contributed by atoms with Gasteiger partial charge in [-0.1, -0.05) is 12.8 Å². The molecule has 0 atom stereocenters. The van der Waals surface area contributed by atoms with E-state index in [1.54, 1.807) is 0 Å². The number of carbonyl (C=O) groups excluding carboxylic acids is 1. The molecule has 0 aliphatic rings. The highest BCUT2D eigenvalue weighted by Gasteiger charge is 1.93. The maximum absolute atomic E-state index is 9.73. The Morgan fingerprint density at radius 1 is 1.13 bits per heavy atom. The monoisotopic (exact) mass is 206 g/mol. The third-order valence-corrected chi connectivity index (χ3v) is 2.27. The molecule has 15 heavy (non-hydrogen) atoms. The largest absolute Gasteiger partial charge is 0.457 e. The summed E-state index contributed by atoms with van der Waals surface area (Å²) in [6.07, 6.45) is 9.13. The van der Waals surface area contributed by atoms with Crippen molar-refractivity contribution in [3.63, 3.8) is 0 Å². The Kier molecular flexibility index (Phi) is 6.21. The topological polar surface area (TPSA) is 39.2 Å². The molecule has 3 nitrogen and oxygen atoms in total. The van der Waals surface area contributed by atoms with Crippen LogP contribution in [0.2, 0.25) is 0 Å². The van der Waals surface area contributed by atoms with Gasteiger partial charge in [-0.25, -0.2) is 4.79 Å². The van der Waals surface area contributed by atoms with E-state index in [0.29, 0.717) is 6.61 Å². The van der Waals surface area contributed by atoms with Gasteiger partial charge in [-0.15, -0.1) is 0 Å². The summed E-state index contributed by atoms with van der Waals surface area (Å²) in [7, 11) is 0. The number of unbranched alkanes of at least 4 members (excludes halogenated alkanes) is 3. The van der Waals surface area contributed by atoms with E-state index in [1.807, 2.05) is 24.5 Å². The molecule has 0 saturated heterocycles. The molecular formula is C12H16NO2. The van der Waals surface area contributed by atoms with Crippen molar-refractivity contribution >= 4 is 6.47 Å². The molecule has 3 heteroatoms. The van der Waals surface area contributed by atoms with Gasteiger partial charge in [-0.05, 0) is 37.0 Å². The van der Waals surface area contributed by atoms with Gasteiger partial charge in [0.15, 0.2) is 0 Å². The lowest BCUT2D eigenvalue weighted by Crippen LogP contribution is -1.92. The third-order valence-electron chi connectivity index (χ3n) is 2.27. The Hall–Kier alpha value is -1.38. The molecule has 1 aromatic heterocycles. The second-order valence-electron chi connectivity index (χ2n) is 3.45. The Morgan fingerprint density at radius 3 is 2.60 bits per heavy atom. The first-order chi connectivity index (χ1) is 7.43. The van der Waals surface area contributed by atoms with E-state index >= 15 is 0 Å². The highest BCUT2D eigenvalue weighted by molar-refractivity contribution is 5.37. The van der Waals surface area contributed by atoms with E-state index in [9.17, 15) is 4.79 Å². The minimum atomic E-state index is 0.499. The Bertz CT molecular complexity index is 262. The van der Waals surface area contributed by atoms with Crippen molar-refractivity contribution in [2.45, 2.75) is 32.1 Å². The number of nitrogens with zero attached hydrogens (tertiary/aromatic N) is 1. The van der Waals surface area contributed by atoms with Crippen molar-refractivity contribution < 1.29 is 9.53 Å². The fourth-order valence-electron chi connectivity index (χ4n) is 1.45. The molecule has 0 bridgehead atoms. The number of rotatable bonds is 8. The second kappa shape index (κ2) is 7.97. The van der Waals surface area contributed by atoms with Crippen molar-refractivity contribution in [1.82, 2.24) is 4.98 Å². The summed E-state index contributed by atoms with van der Waals surface area (Å²) in [6, 6.07) is 4.09. The van der Waals surface area contributed by atoms with Crippen LogP contribution in [-0.2, 0) is 16.0 Å². The van der Waals surface area contributed by atoms with Crippen molar-refractivity contribution in [3.05, 3.63) is 30.1 Å². The Labute approximate surface area is 90.5 Å². The molecule has 0 unspecified atom stereocenters. The van der Waals surface area contributed by atoms with Gasteiger partial charge in [0.25, 0.3) is 0 Å². The summed E-state index contributed by atoms with van der Waals surface area (Å²) in [4.78, 5) is 13.7. The van der Waals surface area contributed by atoms with Gasteiger partial charge >= 0.3 is 6.47 Å². The third kappa shape index (κ3) is 5.83. The van der Waals surface area contributed by atoms with Crippen molar-refractivity contribution in [3.8, 4) is 0 Å². The van der Waals surface area contributed by atoms with Crippen molar-refractivity contribution in [2.24, 2.45) is 0 Å². The predicted octanol–water partition coefficient (Wildman–Crippen LogP) is 2.27. The molecule has 0 N–H and O–H groups in total. The van der Waals surface area contributed by atoms with Gasteiger partial charge in [0.05, 0.1) is 6.61 Å². The van der Waals surface area contributed by atoms with E-state index in [0.717, 1.165) is 19.3 Å². The summed E-state index contributed by atoms with van der Waals surface area (Å²) < 4.78 is 4.48. The lowest BCUT2D eigenvalue weighted by atomic mass is 10.1. The van der Waals surface area contributed by atoms with E-state index in [2.05, 4.69) is 9.72 Å². The Morgan fingerprint density at radius 2 is 1.87 bits per heavy atom. The first kappa shape index (κ1) is 11.7. The zero-order valence-electron chi connectivity index (χ0n) is 8.82. The first-order valence-electron chi connectivity index (χ1n) is 5.31. The second-order valence-corrected chi connectivity index (χ2v) is 3.45. The predicted molar refractivity (Wildman–Crippen MR) is 58.1 cm³/mol. The number of hydrogen-bond acceptors (Lipinski definition) is 3. The molecule has 1 heterocycles. The van der Waals surface area contributed by atoms with Gasteiger partial charge in [0.2, 0.25) is 0 Å². The molecule has 0 aromatic carbocycles. The van der Waals surface area contributed by atoms with Crippen LogP contribution in [0.5, 0.6) is 0 Å². The van der Waals surface area contributed by atoms with Gasteiger partial charge in [-0.2, -0.15) is 0 Å². The van der Waals surface area contributed by atoms with Crippen molar-refractivity contribution in [2.75, 3.05) is 6.61 Å². The minimum Gasteiger partial charge on any atom is -0.457 e. The Balaban J connectivity index is 1.95. The van der Waals surface area contributed by atoms with Crippen LogP contribution in [-0.4, -0.2) is 18.1 Å². The van der Waals surface area contributed by atoms with Crippen LogP contribution in [0.4, 0.5) is 0 Å². The molecule has 1 rings (SSSR count). The zero-order chi connectivity index (χ0) is 10.8. The lowest BCUT2D eigenvalue weighted by Gasteiger charge is -2.01. The van der Waals surface area contributed by atoms with Gasteiger partial charge < -0.3 is 4.74 Å². The van der Waals surface area contributed by atoms with E-state index in [-0.39, 0.29) is 0 Å². The standard InChI is InChI=1S/C12H16NO2/c14-11-15-10-4-2-1-3-5-12-6-8-13-9-7-12/h6-9H,1-5,10H2. The molecule has 0 amide bonds. The van der Waals surface area contributed by atoms with Crippen LogP contribution >= 0.6 is 0 Å². The average Bonchev–Trinajstić information content (AvgIpc) is 2.29. The van der Waals surface area contributed by atoms with E-state index in [4.69, 9.17) is 0 Å². The van der Waals surface area contributed by atoms with Crippen LogP contribution in [0.3, 0.4) is 0 Å². The lowest BCUT2D eigenvalue weighted by molar-refractivity contribution is 0.269. The SMILES string of the molecule is O=[C]OCCCCCCc1ccncc1. The maximum atomic E-state index is 9.73. The summed E-state index contributed by atoms with van der Waals surface area (Å²) in [5, 5.41) is 0. The van der Waals surface area contributed by atoms with Crippen LogP contribution in [0.25, 0.3) is 0 Å². The summed E-state index contributed by atoms with van der Waals surface area (Å²) in [5.74, 6) is 0. The molecule has 0 spiro atoms. The number of hydrogen-bond donors (Lipinski definition) is 0. The molecule has 81 valence electrons. The number of aryl methyl sites for hydroxylation is 1. The highest BCUT2D eigenvalue weighted by Crippen LogP contribution is 2.06. The molecule has 0 fully saturated rings. The summed E-state index contributed by atoms with van der Waals surface area (Å²) in [6.45, 7) is 1.93. The molecular weight excluding hydrogens is 190 g/mol. The van der Waals surface area contributed by atoms with Gasteiger partial charge in [-0.3, -0.25) is 4.98 Å².